The molecule has 2 rings (SSSR count). The zero-order chi connectivity index (χ0) is 14.5. The summed E-state index contributed by atoms with van der Waals surface area (Å²) in [6.45, 7) is 0. The molecule has 2 aromatic rings. The lowest BCUT2D eigenvalue weighted by Gasteiger charge is -2.13. The lowest BCUT2D eigenvalue weighted by atomic mass is 10.1. The number of hydrogen-bond acceptors (Lipinski definition) is 3. The van der Waals surface area contributed by atoms with Gasteiger partial charge in [-0.15, -0.1) is 11.8 Å². The predicted octanol–water partition coefficient (Wildman–Crippen LogP) is 4.42. The van der Waals surface area contributed by atoms with E-state index in [1.165, 1.54) is 24.9 Å². The molecule has 0 saturated heterocycles. The summed E-state index contributed by atoms with van der Waals surface area (Å²) in [4.78, 5) is 1.02. The number of thioether (sulfide) groups is 1. The molecular formula is C15H14BrFO2S. The number of halogens is 2. The van der Waals surface area contributed by atoms with Gasteiger partial charge in [0.15, 0.2) is 11.6 Å². The molecule has 0 amide bonds. The number of aliphatic hydroxyl groups excluding tert-OH is 1. The quantitative estimate of drug-likeness (QED) is 0.804. The number of methoxy groups -OCH3 is 1. The molecule has 2 nitrogen and oxygen atoms in total. The summed E-state index contributed by atoms with van der Waals surface area (Å²) in [5, 5.41) is 10.1. The van der Waals surface area contributed by atoms with Gasteiger partial charge in [0.05, 0.1) is 13.2 Å². The van der Waals surface area contributed by atoms with Crippen molar-refractivity contribution < 1.29 is 14.2 Å². The Morgan fingerprint density at radius 3 is 2.60 bits per heavy atom. The monoisotopic (exact) mass is 356 g/mol. The third-order valence-corrected chi connectivity index (χ3v) is 4.41. The van der Waals surface area contributed by atoms with Gasteiger partial charge in [0.25, 0.3) is 0 Å². The fourth-order valence-electron chi connectivity index (χ4n) is 1.74. The molecule has 5 heteroatoms. The lowest BCUT2D eigenvalue weighted by molar-refractivity contribution is 0.197. The molecule has 0 spiro atoms. The minimum Gasteiger partial charge on any atom is -0.494 e. The van der Waals surface area contributed by atoms with Crippen LogP contribution in [-0.4, -0.2) is 18.0 Å². The van der Waals surface area contributed by atoms with Crippen LogP contribution in [0.15, 0.2) is 51.8 Å². The first kappa shape index (κ1) is 15.4. The molecule has 1 atom stereocenters. The molecule has 1 unspecified atom stereocenters. The average Bonchev–Trinajstić information content (AvgIpc) is 2.46. The highest BCUT2D eigenvalue weighted by molar-refractivity contribution is 9.10. The van der Waals surface area contributed by atoms with Gasteiger partial charge in [0, 0.05) is 20.7 Å². The first-order chi connectivity index (χ1) is 9.61. The molecule has 0 saturated carbocycles. The van der Waals surface area contributed by atoms with Gasteiger partial charge in [-0.05, 0) is 30.3 Å². The average molecular weight is 357 g/mol. The molecule has 0 aliphatic heterocycles. The highest BCUT2D eigenvalue weighted by Gasteiger charge is 2.16. The first-order valence-electron chi connectivity index (χ1n) is 6.00. The van der Waals surface area contributed by atoms with Crippen LogP contribution in [-0.2, 0) is 0 Å². The van der Waals surface area contributed by atoms with E-state index in [0.717, 1.165) is 9.37 Å². The van der Waals surface area contributed by atoms with Crippen molar-refractivity contribution in [1.29, 1.82) is 0 Å². The van der Waals surface area contributed by atoms with Crippen LogP contribution in [0, 0.1) is 5.82 Å². The van der Waals surface area contributed by atoms with Gasteiger partial charge in [0.2, 0.25) is 0 Å². The Morgan fingerprint density at radius 1 is 1.25 bits per heavy atom. The van der Waals surface area contributed by atoms with E-state index in [1.807, 2.05) is 24.3 Å². The lowest BCUT2D eigenvalue weighted by Crippen LogP contribution is -2.04. The third-order valence-electron chi connectivity index (χ3n) is 2.79. The maximum absolute atomic E-state index is 14.0. The van der Waals surface area contributed by atoms with Gasteiger partial charge in [-0.25, -0.2) is 4.39 Å². The standard InChI is InChI=1S/C15H14BrFO2S/c1-19-14-4-2-3-12(15(14)17)13(18)9-20-11-7-5-10(16)6-8-11/h2-8,13,18H,9H2,1H3. The highest BCUT2D eigenvalue weighted by atomic mass is 79.9. The van der Waals surface area contributed by atoms with Crippen molar-refractivity contribution in [2.75, 3.05) is 12.9 Å². The van der Waals surface area contributed by atoms with Gasteiger partial charge in [0.1, 0.15) is 0 Å². The smallest absolute Gasteiger partial charge is 0.170 e. The second-order valence-corrected chi connectivity index (χ2v) is 6.15. The molecule has 106 valence electrons. The fourth-order valence-corrected chi connectivity index (χ4v) is 2.86. The SMILES string of the molecule is COc1cccc(C(O)CSc2ccc(Br)cc2)c1F. The second-order valence-electron chi connectivity index (χ2n) is 4.14. The Hall–Kier alpha value is -1.04. The van der Waals surface area contributed by atoms with E-state index in [9.17, 15) is 9.50 Å². The third kappa shape index (κ3) is 3.75. The number of ether oxygens (including phenoxy) is 1. The highest BCUT2D eigenvalue weighted by Crippen LogP contribution is 2.29. The summed E-state index contributed by atoms with van der Waals surface area (Å²) in [5.41, 5.74) is 0.258. The van der Waals surface area contributed by atoms with Crippen LogP contribution in [0.3, 0.4) is 0 Å². The van der Waals surface area contributed by atoms with Crippen molar-refractivity contribution >= 4 is 27.7 Å². The number of hydrogen-bond donors (Lipinski definition) is 1. The molecule has 0 aliphatic rings. The molecule has 0 radical (unpaired) electrons. The first-order valence-corrected chi connectivity index (χ1v) is 7.78. The predicted molar refractivity (Wildman–Crippen MR) is 82.8 cm³/mol. The molecule has 2 aromatic carbocycles. The van der Waals surface area contributed by atoms with E-state index in [1.54, 1.807) is 12.1 Å². The number of rotatable bonds is 5. The molecule has 1 N–H and O–H groups in total. The van der Waals surface area contributed by atoms with E-state index in [-0.39, 0.29) is 11.3 Å². The van der Waals surface area contributed by atoms with E-state index in [2.05, 4.69) is 15.9 Å². The largest absolute Gasteiger partial charge is 0.494 e. The van der Waals surface area contributed by atoms with Crippen molar-refractivity contribution in [2.24, 2.45) is 0 Å². The van der Waals surface area contributed by atoms with Crippen LogP contribution >= 0.6 is 27.7 Å². The summed E-state index contributed by atoms with van der Waals surface area (Å²) in [5.74, 6) is 0.0280. The molecule has 0 aliphatic carbocycles. The zero-order valence-electron chi connectivity index (χ0n) is 10.8. The minimum absolute atomic E-state index is 0.148. The normalized spacial score (nSPS) is 12.2. The van der Waals surface area contributed by atoms with Crippen LogP contribution < -0.4 is 4.74 Å². The summed E-state index contributed by atoms with van der Waals surface area (Å²) >= 11 is 4.84. The van der Waals surface area contributed by atoms with Gasteiger partial charge in [-0.3, -0.25) is 0 Å². The maximum atomic E-state index is 14.0. The summed E-state index contributed by atoms with van der Waals surface area (Å²) in [6.07, 6.45) is -0.876. The molecule has 20 heavy (non-hydrogen) atoms. The topological polar surface area (TPSA) is 29.5 Å². The molecule has 0 bridgehead atoms. The van der Waals surface area contributed by atoms with Crippen molar-refractivity contribution in [1.82, 2.24) is 0 Å². The maximum Gasteiger partial charge on any atom is 0.170 e. The van der Waals surface area contributed by atoms with Crippen LogP contribution in [0.25, 0.3) is 0 Å². The summed E-state index contributed by atoms with van der Waals surface area (Å²) in [6, 6.07) is 12.5. The Kier molecular flexibility index (Phi) is 5.46. The number of aliphatic hydroxyl groups is 1. The van der Waals surface area contributed by atoms with Gasteiger partial charge in [-0.1, -0.05) is 28.1 Å². The van der Waals surface area contributed by atoms with Crippen LogP contribution in [0.1, 0.15) is 11.7 Å². The van der Waals surface area contributed by atoms with E-state index in [0.29, 0.717) is 5.75 Å². The Morgan fingerprint density at radius 2 is 1.95 bits per heavy atom. The molecular weight excluding hydrogens is 343 g/mol. The van der Waals surface area contributed by atoms with Gasteiger partial charge >= 0.3 is 0 Å². The van der Waals surface area contributed by atoms with E-state index < -0.39 is 11.9 Å². The molecule has 0 heterocycles. The van der Waals surface area contributed by atoms with Crippen molar-refractivity contribution in [3.8, 4) is 5.75 Å². The van der Waals surface area contributed by atoms with Crippen molar-refractivity contribution in [3.05, 3.63) is 58.3 Å². The summed E-state index contributed by atoms with van der Waals surface area (Å²) in [7, 11) is 1.41. The number of benzene rings is 2. The zero-order valence-corrected chi connectivity index (χ0v) is 13.2. The van der Waals surface area contributed by atoms with E-state index in [4.69, 9.17) is 4.74 Å². The van der Waals surface area contributed by atoms with Crippen LogP contribution in [0.2, 0.25) is 0 Å². The van der Waals surface area contributed by atoms with E-state index >= 15 is 0 Å². The van der Waals surface area contributed by atoms with Gasteiger partial charge in [-0.2, -0.15) is 0 Å². The van der Waals surface area contributed by atoms with Gasteiger partial charge < -0.3 is 9.84 Å². The Labute approximate surface area is 130 Å². The van der Waals surface area contributed by atoms with Crippen LogP contribution in [0.5, 0.6) is 5.75 Å². The van der Waals surface area contributed by atoms with Crippen LogP contribution in [0.4, 0.5) is 4.39 Å². The summed E-state index contributed by atoms with van der Waals surface area (Å²) < 4.78 is 19.9. The molecule has 0 aromatic heterocycles. The Balaban J connectivity index is 2.05. The van der Waals surface area contributed by atoms with Crippen molar-refractivity contribution in [2.45, 2.75) is 11.0 Å². The second kappa shape index (κ2) is 7.11. The van der Waals surface area contributed by atoms with Crippen molar-refractivity contribution in [3.63, 3.8) is 0 Å². The Bertz CT molecular complexity index is 575. The fraction of sp³-hybridized carbons (Fsp3) is 0.200. The molecule has 0 fully saturated rings. The minimum atomic E-state index is -0.876.